The molecule has 0 fully saturated rings. The van der Waals surface area contributed by atoms with E-state index in [1.165, 1.54) is 7.11 Å². The Morgan fingerprint density at radius 2 is 1.80 bits per heavy atom. The molecule has 0 saturated carbocycles. The van der Waals surface area contributed by atoms with Crippen LogP contribution in [0.4, 0.5) is 5.69 Å². The molecule has 5 nitrogen and oxygen atoms in total. The van der Waals surface area contributed by atoms with Crippen LogP contribution in [0.3, 0.4) is 0 Å². The highest BCUT2D eigenvalue weighted by Crippen LogP contribution is 2.14. The molecular weight excluding hydrogens is 258 g/mol. The Morgan fingerprint density at radius 1 is 1.20 bits per heavy atom. The summed E-state index contributed by atoms with van der Waals surface area (Å²) >= 11 is 0. The SMILES string of the molecule is COC(=O)CC(Nc1ccccc1)C(=O)OC(C)(C)C. The molecule has 1 atom stereocenters. The zero-order valence-electron chi connectivity index (χ0n) is 12.3. The standard InChI is InChI=1S/C15H21NO4/c1-15(2,3)20-14(18)12(10-13(17)19-4)16-11-8-6-5-7-9-11/h5-9,12,16H,10H2,1-4H3. The molecule has 1 aromatic rings. The van der Waals surface area contributed by atoms with Gasteiger partial charge in [0.05, 0.1) is 13.5 Å². The number of ether oxygens (including phenoxy) is 2. The van der Waals surface area contributed by atoms with Gasteiger partial charge in [-0.15, -0.1) is 0 Å². The number of benzene rings is 1. The van der Waals surface area contributed by atoms with Gasteiger partial charge in [0.15, 0.2) is 0 Å². The molecule has 1 unspecified atom stereocenters. The predicted molar refractivity (Wildman–Crippen MR) is 76.3 cm³/mol. The minimum Gasteiger partial charge on any atom is -0.469 e. The molecule has 20 heavy (non-hydrogen) atoms. The average Bonchev–Trinajstić information content (AvgIpc) is 2.37. The van der Waals surface area contributed by atoms with Crippen LogP contribution in [0.1, 0.15) is 27.2 Å². The Labute approximate surface area is 119 Å². The van der Waals surface area contributed by atoms with Crippen LogP contribution in [0, 0.1) is 0 Å². The van der Waals surface area contributed by atoms with Crippen molar-refractivity contribution in [1.82, 2.24) is 0 Å². The topological polar surface area (TPSA) is 64.6 Å². The molecule has 0 aliphatic carbocycles. The lowest BCUT2D eigenvalue weighted by Gasteiger charge is -2.24. The van der Waals surface area contributed by atoms with E-state index in [4.69, 9.17) is 4.74 Å². The molecule has 110 valence electrons. The average molecular weight is 279 g/mol. The molecule has 1 rings (SSSR count). The van der Waals surface area contributed by atoms with Crippen LogP contribution in [-0.2, 0) is 19.1 Å². The van der Waals surface area contributed by atoms with Gasteiger partial charge in [0.25, 0.3) is 0 Å². The number of esters is 2. The second-order valence-electron chi connectivity index (χ2n) is 5.38. The third-order valence-electron chi connectivity index (χ3n) is 2.40. The van der Waals surface area contributed by atoms with Gasteiger partial charge < -0.3 is 14.8 Å². The Bertz CT molecular complexity index is 451. The van der Waals surface area contributed by atoms with Crippen molar-refractivity contribution >= 4 is 17.6 Å². The molecule has 0 bridgehead atoms. The first-order valence-electron chi connectivity index (χ1n) is 6.43. The number of carbonyl (C=O) groups excluding carboxylic acids is 2. The molecule has 0 saturated heterocycles. The van der Waals surface area contributed by atoms with Gasteiger partial charge in [-0.1, -0.05) is 18.2 Å². The van der Waals surface area contributed by atoms with E-state index in [2.05, 4.69) is 10.1 Å². The number of carbonyl (C=O) groups is 2. The van der Waals surface area contributed by atoms with E-state index in [0.29, 0.717) is 0 Å². The summed E-state index contributed by atoms with van der Waals surface area (Å²) in [6.07, 6.45) is -0.0830. The lowest BCUT2D eigenvalue weighted by molar-refractivity contribution is -0.158. The largest absolute Gasteiger partial charge is 0.469 e. The predicted octanol–water partition coefficient (Wildman–Crippen LogP) is 2.37. The Hall–Kier alpha value is -2.04. The van der Waals surface area contributed by atoms with Crippen LogP contribution in [0.15, 0.2) is 30.3 Å². The molecule has 0 amide bonds. The highest BCUT2D eigenvalue weighted by Gasteiger charge is 2.27. The summed E-state index contributed by atoms with van der Waals surface area (Å²) in [5, 5.41) is 2.99. The van der Waals surface area contributed by atoms with Crippen molar-refractivity contribution in [3.8, 4) is 0 Å². The third kappa shape index (κ3) is 5.73. The van der Waals surface area contributed by atoms with Gasteiger partial charge in [-0.05, 0) is 32.9 Å². The van der Waals surface area contributed by atoms with Crippen molar-refractivity contribution in [2.24, 2.45) is 0 Å². The molecule has 0 aliphatic rings. The van der Waals surface area contributed by atoms with E-state index in [-0.39, 0.29) is 6.42 Å². The monoisotopic (exact) mass is 279 g/mol. The number of anilines is 1. The van der Waals surface area contributed by atoms with Gasteiger partial charge in [0.1, 0.15) is 11.6 Å². The summed E-state index contributed by atoms with van der Waals surface area (Å²) in [6.45, 7) is 5.34. The summed E-state index contributed by atoms with van der Waals surface area (Å²) in [4.78, 5) is 23.5. The smallest absolute Gasteiger partial charge is 0.329 e. The van der Waals surface area contributed by atoms with Crippen molar-refractivity contribution < 1.29 is 19.1 Å². The van der Waals surface area contributed by atoms with Gasteiger partial charge in [0, 0.05) is 5.69 Å². The molecule has 0 aliphatic heterocycles. The fourth-order valence-corrected chi connectivity index (χ4v) is 1.55. The number of rotatable bonds is 5. The van der Waals surface area contributed by atoms with E-state index in [1.54, 1.807) is 20.8 Å². The molecule has 0 heterocycles. The quantitative estimate of drug-likeness (QED) is 0.838. The van der Waals surface area contributed by atoms with E-state index in [1.807, 2.05) is 30.3 Å². The minimum atomic E-state index is -0.774. The fourth-order valence-electron chi connectivity index (χ4n) is 1.55. The zero-order valence-corrected chi connectivity index (χ0v) is 12.3. The lowest BCUT2D eigenvalue weighted by Crippen LogP contribution is -2.38. The summed E-state index contributed by atoms with van der Waals surface area (Å²) in [6, 6.07) is 8.40. The molecule has 1 aromatic carbocycles. The first-order chi connectivity index (χ1) is 9.31. The number of nitrogens with one attached hydrogen (secondary N) is 1. The van der Waals surface area contributed by atoms with Crippen molar-refractivity contribution in [3.63, 3.8) is 0 Å². The maximum atomic E-state index is 12.1. The summed E-state index contributed by atoms with van der Waals surface area (Å²) < 4.78 is 9.92. The second-order valence-corrected chi connectivity index (χ2v) is 5.38. The molecule has 5 heteroatoms. The van der Waals surface area contributed by atoms with Gasteiger partial charge >= 0.3 is 11.9 Å². The van der Waals surface area contributed by atoms with Crippen molar-refractivity contribution in [1.29, 1.82) is 0 Å². The summed E-state index contributed by atoms with van der Waals surface area (Å²) in [5.41, 5.74) is 0.136. The number of methoxy groups -OCH3 is 1. The molecule has 0 spiro atoms. The second kappa shape index (κ2) is 6.93. The lowest BCUT2D eigenvalue weighted by atomic mass is 10.1. The van der Waals surface area contributed by atoms with E-state index < -0.39 is 23.6 Å². The molecular formula is C15H21NO4. The molecule has 1 N–H and O–H groups in total. The third-order valence-corrected chi connectivity index (χ3v) is 2.40. The molecule has 0 radical (unpaired) electrons. The maximum absolute atomic E-state index is 12.1. The highest BCUT2D eigenvalue weighted by molar-refractivity contribution is 5.85. The number of hydrogen-bond donors (Lipinski definition) is 1. The first-order valence-corrected chi connectivity index (χ1v) is 6.43. The van der Waals surface area contributed by atoms with Crippen LogP contribution in [0.2, 0.25) is 0 Å². The highest BCUT2D eigenvalue weighted by atomic mass is 16.6. The van der Waals surface area contributed by atoms with Crippen LogP contribution in [-0.4, -0.2) is 30.7 Å². The first kappa shape index (κ1) is 16.0. The van der Waals surface area contributed by atoms with Crippen molar-refractivity contribution in [3.05, 3.63) is 30.3 Å². The van der Waals surface area contributed by atoms with Gasteiger partial charge in [0.2, 0.25) is 0 Å². The number of hydrogen-bond acceptors (Lipinski definition) is 5. The maximum Gasteiger partial charge on any atom is 0.329 e. The zero-order chi connectivity index (χ0) is 15.2. The Morgan fingerprint density at radius 3 is 2.30 bits per heavy atom. The van der Waals surface area contributed by atoms with Crippen LogP contribution >= 0.6 is 0 Å². The Balaban J connectivity index is 2.79. The van der Waals surface area contributed by atoms with E-state index in [0.717, 1.165) is 5.69 Å². The summed E-state index contributed by atoms with van der Waals surface area (Å²) in [5.74, 6) is -0.948. The van der Waals surface area contributed by atoms with E-state index in [9.17, 15) is 9.59 Å². The van der Waals surface area contributed by atoms with E-state index >= 15 is 0 Å². The fraction of sp³-hybridized carbons (Fsp3) is 0.467. The Kier molecular flexibility index (Phi) is 5.55. The normalized spacial score (nSPS) is 12.4. The number of para-hydroxylation sites is 1. The van der Waals surface area contributed by atoms with Crippen LogP contribution in [0.25, 0.3) is 0 Å². The van der Waals surface area contributed by atoms with Crippen LogP contribution in [0.5, 0.6) is 0 Å². The van der Waals surface area contributed by atoms with Gasteiger partial charge in [-0.2, -0.15) is 0 Å². The van der Waals surface area contributed by atoms with Gasteiger partial charge in [-0.3, -0.25) is 4.79 Å². The summed E-state index contributed by atoms with van der Waals surface area (Å²) in [7, 11) is 1.29. The minimum absolute atomic E-state index is 0.0830. The van der Waals surface area contributed by atoms with Gasteiger partial charge in [-0.25, -0.2) is 4.79 Å². The van der Waals surface area contributed by atoms with Crippen LogP contribution < -0.4 is 5.32 Å². The molecule has 0 aromatic heterocycles. The van der Waals surface area contributed by atoms with Crippen molar-refractivity contribution in [2.45, 2.75) is 38.8 Å². The van der Waals surface area contributed by atoms with Crippen molar-refractivity contribution in [2.75, 3.05) is 12.4 Å².